The van der Waals surface area contributed by atoms with E-state index in [0.29, 0.717) is 27.7 Å². The molecule has 1 aliphatic carbocycles. The van der Waals surface area contributed by atoms with Crippen molar-refractivity contribution >= 4 is 23.1 Å². The highest BCUT2D eigenvalue weighted by Gasteiger charge is 2.17. The van der Waals surface area contributed by atoms with Crippen LogP contribution in [-0.2, 0) is 12.8 Å². The van der Waals surface area contributed by atoms with Crippen LogP contribution in [0.2, 0.25) is 5.02 Å². The number of pyridine rings is 1. The van der Waals surface area contributed by atoms with Crippen LogP contribution in [0.1, 0.15) is 28.8 Å². The Bertz CT molecular complexity index is 799. The van der Waals surface area contributed by atoms with Gasteiger partial charge in [0, 0.05) is 5.69 Å². The number of nitrogens with one attached hydrogen (secondary N) is 1. The fourth-order valence-electron chi connectivity index (χ4n) is 2.47. The van der Waals surface area contributed by atoms with Gasteiger partial charge in [0.25, 0.3) is 0 Å². The Labute approximate surface area is 127 Å². The molecule has 2 aromatic rings. The maximum Gasteiger partial charge on any atom is 0.148 e. The number of hydrogen-bond acceptors (Lipinski definition) is 4. The Morgan fingerprint density at radius 2 is 2.00 bits per heavy atom. The minimum absolute atomic E-state index is 0.486. The predicted octanol–water partition coefficient (Wildman–Crippen LogP) is 3.71. The summed E-state index contributed by atoms with van der Waals surface area (Å²) in [7, 11) is 0. The Morgan fingerprint density at radius 1 is 1.14 bits per heavy atom. The zero-order chi connectivity index (χ0) is 14.8. The molecule has 0 spiro atoms. The van der Waals surface area contributed by atoms with Crippen LogP contribution in [0.4, 0.5) is 11.5 Å². The van der Waals surface area contributed by atoms with Gasteiger partial charge in [0.2, 0.25) is 0 Å². The smallest absolute Gasteiger partial charge is 0.148 e. The number of rotatable bonds is 2. The van der Waals surface area contributed by atoms with E-state index in [0.717, 1.165) is 30.5 Å². The molecule has 21 heavy (non-hydrogen) atoms. The Kier molecular flexibility index (Phi) is 3.48. The number of aromatic nitrogens is 1. The minimum Gasteiger partial charge on any atom is -0.338 e. The van der Waals surface area contributed by atoms with Gasteiger partial charge in [-0.15, -0.1) is 0 Å². The first-order chi connectivity index (χ1) is 10.2. The lowest BCUT2D eigenvalue weighted by Gasteiger charge is -2.11. The first-order valence-corrected chi connectivity index (χ1v) is 6.98. The van der Waals surface area contributed by atoms with Gasteiger partial charge >= 0.3 is 0 Å². The number of nitrogens with zero attached hydrogens (tertiary/aromatic N) is 3. The highest BCUT2D eigenvalue weighted by atomic mass is 35.5. The van der Waals surface area contributed by atoms with Crippen molar-refractivity contribution in [3.8, 4) is 12.1 Å². The van der Waals surface area contributed by atoms with Gasteiger partial charge in [0.15, 0.2) is 0 Å². The summed E-state index contributed by atoms with van der Waals surface area (Å²) in [4.78, 5) is 4.54. The molecule has 1 aromatic carbocycles. The SMILES string of the molecule is N#Cc1ccc(Cl)c(Nc2nc3c(cc2C#N)CCC3)c1. The van der Waals surface area contributed by atoms with E-state index in [9.17, 15) is 5.26 Å². The van der Waals surface area contributed by atoms with E-state index in [1.54, 1.807) is 18.2 Å². The Hall–Kier alpha value is -2.56. The zero-order valence-corrected chi connectivity index (χ0v) is 11.9. The standard InChI is InChI=1S/C16H11ClN4/c17-13-5-4-10(8-18)6-15(13)21-16-12(9-19)7-11-2-1-3-14(11)20-16/h4-7H,1-3H2,(H,20,21). The lowest BCUT2D eigenvalue weighted by molar-refractivity contribution is 0.900. The molecule has 5 heteroatoms. The van der Waals surface area contributed by atoms with Gasteiger partial charge in [0.05, 0.1) is 27.9 Å². The normalized spacial score (nSPS) is 12.3. The largest absolute Gasteiger partial charge is 0.338 e. The van der Waals surface area contributed by atoms with Crippen molar-refractivity contribution in [3.05, 3.63) is 51.7 Å². The Morgan fingerprint density at radius 3 is 2.76 bits per heavy atom. The molecule has 1 aromatic heterocycles. The number of nitriles is 2. The van der Waals surface area contributed by atoms with E-state index in [4.69, 9.17) is 16.9 Å². The summed E-state index contributed by atoms with van der Waals surface area (Å²) in [6, 6.07) is 11.1. The molecular weight excluding hydrogens is 284 g/mol. The van der Waals surface area contributed by atoms with Crippen molar-refractivity contribution in [1.82, 2.24) is 4.98 Å². The number of aryl methyl sites for hydroxylation is 2. The Balaban J connectivity index is 2.03. The molecule has 0 aliphatic heterocycles. The lowest BCUT2D eigenvalue weighted by Crippen LogP contribution is -2.01. The van der Waals surface area contributed by atoms with E-state index in [1.165, 1.54) is 0 Å². The first kappa shape index (κ1) is 13.4. The molecule has 0 amide bonds. The molecule has 0 saturated carbocycles. The van der Waals surface area contributed by atoms with Crippen LogP contribution in [0.5, 0.6) is 0 Å². The molecule has 0 fully saturated rings. The average molecular weight is 295 g/mol. The molecule has 102 valence electrons. The summed E-state index contributed by atoms with van der Waals surface area (Å²) in [5, 5.41) is 21.8. The van der Waals surface area contributed by atoms with Gasteiger partial charge in [-0.2, -0.15) is 10.5 Å². The second-order valence-corrected chi connectivity index (χ2v) is 5.29. The molecule has 0 atom stereocenters. The number of halogens is 1. The quantitative estimate of drug-likeness (QED) is 0.916. The average Bonchev–Trinajstić information content (AvgIpc) is 2.95. The van der Waals surface area contributed by atoms with Crippen LogP contribution < -0.4 is 5.32 Å². The van der Waals surface area contributed by atoms with Crippen LogP contribution in [0.25, 0.3) is 0 Å². The van der Waals surface area contributed by atoms with Crippen molar-refractivity contribution in [1.29, 1.82) is 10.5 Å². The number of fused-ring (bicyclic) bond motifs is 1. The minimum atomic E-state index is 0.486. The molecule has 0 bridgehead atoms. The molecule has 1 aliphatic rings. The summed E-state index contributed by atoms with van der Waals surface area (Å²) >= 11 is 6.13. The third-order valence-electron chi connectivity index (χ3n) is 3.52. The zero-order valence-electron chi connectivity index (χ0n) is 11.2. The van der Waals surface area contributed by atoms with Gasteiger partial charge in [-0.3, -0.25) is 0 Å². The fraction of sp³-hybridized carbons (Fsp3) is 0.188. The summed E-state index contributed by atoms with van der Waals surface area (Å²) in [6.07, 6.45) is 2.98. The van der Waals surface area contributed by atoms with E-state index >= 15 is 0 Å². The third-order valence-corrected chi connectivity index (χ3v) is 3.85. The van der Waals surface area contributed by atoms with Gasteiger partial charge < -0.3 is 5.32 Å². The van der Waals surface area contributed by atoms with Crippen LogP contribution >= 0.6 is 11.6 Å². The van der Waals surface area contributed by atoms with E-state index in [-0.39, 0.29) is 0 Å². The van der Waals surface area contributed by atoms with Crippen molar-refractivity contribution in [2.45, 2.75) is 19.3 Å². The molecule has 4 nitrogen and oxygen atoms in total. The molecule has 1 N–H and O–H groups in total. The summed E-state index contributed by atoms with van der Waals surface area (Å²) in [5.74, 6) is 0.495. The summed E-state index contributed by atoms with van der Waals surface area (Å²) in [6.45, 7) is 0. The van der Waals surface area contributed by atoms with Crippen molar-refractivity contribution in [2.24, 2.45) is 0 Å². The number of benzene rings is 1. The van der Waals surface area contributed by atoms with Crippen LogP contribution in [-0.4, -0.2) is 4.98 Å². The maximum atomic E-state index is 9.28. The summed E-state index contributed by atoms with van der Waals surface area (Å²) in [5.41, 5.74) is 3.76. The topological polar surface area (TPSA) is 72.5 Å². The van der Waals surface area contributed by atoms with Gasteiger partial charge in [-0.05, 0) is 49.1 Å². The molecule has 0 unspecified atom stereocenters. The molecule has 3 rings (SSSR count). The van der Waals surface area contributed by atoms with E-state index in [1.807, 2.05) is 6.07 Å². The molecule has 0 radical (unpaired) electrons. The van der Waals surface area contributed by atoms with Crippen molar-refractivity contribution in [3.63, 3.8) is 0 Å². The van der Waals surface area contributed by atoms with E-state index < -0.39 is 0 Å². The molecule has 1 heterocycles. The predicted molar refractivity (Wildman–Crippen MR) is 80.4 cm³/mol. The monoisotopic (exact) mass is 294 g/mol. The van der Waals surface area contributed by atoms with Crippen molar-refractivity contribution in [2.75, 3.05) is 5.32 Å². The molecular formula is C16H11ClN4. The van der Waals surface area contributed by atoms with Crippen LogP contribution in [0.15, 0.2) is 24.3 Å². The number of hydrogen-bond donors (Lipinski definition) is 1. The van der Waals surface area contributed by atoms with Crippen LogP contribution in [0, 0.1) is 22.7 Å². The van der Waals surface area contributed by atoms with Crippen LogP contribution in [0.3, 0.4) is 0 Å². The lowest BCUT2D eigenvalue weighted by atomic mass is 10.1. The van der Waals surface area contributed by atoms with E-state index in [2.05, 4.69) is 22.4 Å². The highest BCUT2D eigenvalue weighted by molar-refractivity contribution is 6.33. The fourth-order valence-corrected chi connectivity index (χ4v) is 2.64. The molecule has 0 saturated heterocycles. The number of anilines is 2. The second-order valence-electron chi connectivity index (χ2n) is 4.89. The highest BCUT2D eigenvalue weighted by Crippen LogP contribution is 2.30. The second kappa shape index (κ2) is 5.44. The van der Waals surface area contributed by atoms with Gasteiger partial charge in [-0.1, -0.05) is 11.6 Å². The van der Waals surface area contributed by atoms with Gasteiger partial charge in [-0.25, -0.2) is 4.98 Å². The third kappa shape index (κ3) is 2.54. The first-order valence-electron chi connectivity index (χ1n) is 6.61. The van der Waals surface area contributed by atoms with Gasteiger partial charge in [0.1, 0.15) is 11.9 Å². The maximum absolute atomic E-state index is 9.28. The van der Waals surface area contributed by atoms with Crippen molar-refractivity contribution < 1.29 is 0 Å². The summed E-state index contributed by atoms with van der Waals surface area (Å²) < 4.78 is 0.